The number of para-hydroxylation sites is 1. The first kappa shape index (κ1) is 16.0. The molecule has 2 aromatic rings. The number of sulfonamides is 1. The Hall–Kier alpha value is -1.37. The van der Waals surface area contributed by atoms with Crippen molar-refractivity contribution in [1.82, 2.24) is 5.32 Å². The first-order valence-electron chi connectivity index (χ1n) is 6.95. The first-order valence-corrected chi connectivity index (χ1v) is 9.32. The summed E-state index contributed by atoms with van der Waals surface area (Å²) in [6, 6.07) is 9.20. The fraction of sp³-hybridized carbons (Fsp3) is 0.333. The Bertz CT molecular complexity index is 693. The maximum Gasteiger partial charge on any atom is 0.262 e. The first-order chi connectivity index (χ1) is 10.1. The van der Waals surface area contributed by atoms with Gasteiger partial charge in [-0.3, -0.25) is 4.72 Å². The lowest BCUT2D eigenvalue weighted by Crippen LogP contribution is -2.14. The van der Waals surface area contributed by atoms with Gasteiger partial charge in [0.15, 0.2) is 0 Å². The number of aryl methyl sites for hydroxylation is 1. The summed E-state index contributed by atoms with van der Waals surface area (Å²) < 4.78 is 27.5. The van der Waals surface area contributed by atoms with Crippen molar-refractivity contribution in [3.05, 3.63) is 46.2 Å². The SMILES string of the molecule is CCNCc1cc(S(=O)(=O)Nc2ccccc2CC)cs1. The third-order valence-corrected chi connectivity index (χ3v) is 5.56. The van der Waals surface area contributed by atoms with Gasteiger partial charge in [-0.25, -0.2) is 8.42 Å². The highest BCUT2D eigenvalue weighted by Gasteiger charge is 2.17. The third kappa shape index (κ3) is 4.06. The molecule has 2 N–H and O–H groups in total. The van der Waals surface area contributed by atoms with E-state index in [4.69, 9.17) is 0 Å². The van der Waals surface area contributed by atoms with E-state index in [1.54, 1.807) is 17.5 Å². The molecule has 0 unspecified atom stereocenters. The van der Waals surface area contributed by atoms with Crippen LogP contribution >= 0.6 is 11.3 Å². The normalized spacial score (nSPS) is 11.5. The van der Waals surface area contributed by atoms with Crippen LogP contribution < -0.4 is 10.0 Å². The number of hydrogen-bond acceptors (Lipinski definition) is 4. The fourth-order valence-corrected chi connectivity index (χ4v) is 4.32. The maximum atomic E-state index is 12.4. The average Bonchev–Trinajstić information content (AvgIpc) is 2.95. The lowest BCUT2D eigenvalue weighted by Gasteiger charge is -2.10. The summed E-state index contributed by atoms with van der Waals surface area (Å²) >= 11 is 1.46. The van der Waals surface area contributed by atoms with Crippen molar-refractivity contribution in [1.29, 1.82) is 0 Å². The van der Waals surface area contributed by atoms with E-state index in [9.17, 15) is 8.42 Å². The molecule has 2 rings (SSSR count). The molecular weight excluding hydrogens is 304 g/mol. The van der Waals surface area contributed by atoms with E-state index in [0.29, 0.717) is 17.1 Å². The summed E-state index contributed by atoms with van der Waals surface area (Å²) in [4.78, 5) is 1.34. The summed E-state index contributed by atoms with van der Waals surface area (Å²) in [6.45, 7) is 5.59. The molecule has 1 aromatic carbocycles. The molecule has 0 fully saturated rings. The van der Waals surface area contributed by atoms with Gasteiger partial charge in [0.25, 0.3) is 10.0 Å². The van der Waals surface area contributed by atoms with Crippen LogP contribution in [-0.2, 0) is 23.0 Å². The lowest BCUT2D eigenvalue weighted by atomic mass is 10.1. The summed E-state index contributed by atoms with van der Waals surface area (Å²) in [5.74, 6) is 0. The van der Waals surface area contributed by atoms with Crippen molar-refractivity contribution in [2.24, 2.45) is 0 Å². The van der Waals surface area contributed by atoms with E-state index in [1.807, 2.05) is 32.0 Å². The van der Waals surface area contributed by atoms with E-state index >= 15 is 0 Å². The van der Waals surface area contributed by atoms with Crippen LogP contribution in [-0.4, -0.2) is 15.0 Å². The standard InChI is InChI=1S/C15H20N2O2S2/c1-3-12-7-5-6-8-15(12)17-21(18,19)14-9-13(20-11-14)10-16-4-2/h5-9,11,16-17H,3-4,10H2,1-2H3. The van der Waals surface area contributed by atoms with E-state index in [2.05, 4.69) is 10.0 Å². The fourth-order valence-electron chi connectivity index (χ4n) is 1.97. The molecule has 0 bridgehead atoms. The monoisotopic (exact) mass is 324 g/mol. The van der Waals surface area contributed by atoms with Crippen LogP contribution in [0.25, 0.3) is 0 Å². The molecule has 0 saturated heterocycles. The number of hydrogen-bond donors (Lipinski definition) is 2. The Kier molecular flexibility index (Phi) is 5.39. The largest absolute Gasteiger partial charge is 0.312 e. The van der Waals surface area contributed by atoms with Gasteiger partial charge < -0.3 is 5.32 Å². The second-order valence-electron chi connectivity index (χ2n) is 4.65. The quantitative estimate of drug-likeness (QED) is 0.822. The van der Waals surface area contributed by atoms with Crippen molar-refractivity contribution in [2.75, 3.05) is 11.3 Å². The molecule has 21 heavy (non-hydrogen) atoms. The number of benzene rings is 1. The highest BCUT2D eigenvalue weighted by Crippen LogP contribution is 2.24. The molecule has 0 atom stereocenters. The van der Waals surface area contributed by atoms with Gasteiger partial charge in [-0.15, -0.1) is 11.3 Å². The van der Waals surface area contributed by atoms with Crippen molar-refractivity contribution in [2.45, 2.75) is 31.7 Å². The molecule has 1 aromatic heterocycles. The van der Waals surface area contributed by atoms with Crippen molar-refractivity contribution in [3.63, 3.8) is 0 Å². The molecule has 0 amide bonds. The predicted octanol–water partition coefficient (Wildman–Crippen LogP) is 3.22. The smallest absolute Gasteiger partial charge is 0.262 e. The molecule has 0 radical (unpaired) electrons. The molecule has 0 saturated carbocycles. The molecule has 0 aliphatic carbocycles. The van der Waals surface area contributed by atoms with Gasteiger partial charge in [0.05, 0.1) is 10.6 Å². The van der Waals surface area contributed by atoms with Gasteiger partial charge >= 0.3 is 0 Å². The number of anilines is 1. The van der Waals surface area contributed by atoms with Crippen LogP contribution in [0, 0.1) is 0 Å². The zero-order valence-corrected chi connectivity index (χ0v) is 13.9. The van der Waals surface area contributed by atoms with E-state index in [-0.39, 0.29) is 0 Å². The Morgan fingerprint density at radius 2 is 1.95 bits per heavy atom. The Morgan fingerprint density at radius 3 is 2.67 bits per heavy atom. The average molecular weight is 324 g/mol. The highest BCUT2D eigenvalue weighted by molar-refractivity contribution is 7.92. The Morgan fingerprint density at radius 1 is 1.19 bits per heavy atom. The van der Waals surface area contributed by atoms with Gasteiger partial charge in [-0.2, -0.15) is 0 Å². The maximum absolute atomic E-state index is 12.4. The third-order valence-electron chi connectivity index (χ3n) is 3.13. The summed E-state index contributed by atoms with van der Waals surface area (Å²) in [7, 11) is -3.52. The molecule has 4 nitrogen and oxygen atoms in total. The molecule has 6 heteroatoms. The van der Waals surface area contributed by atoms with Gasteiger partial charge in [-0.1, -0.05) is 32.0 Å². The molecule has 1 heterocycles. The van der Waals surface area contributed by atoms with Gasteiger partial charge in [0.2, 0.25) is 0 Å². The molecule has 114 valence electrons. The Labute approximate surface area is 130 Å². The topological polar surface area (TPSA) is 58.2 Å². The van der Waals surface area contributed by atoms with Gasteiger partial charge in [0.1, 0.15) is 0 Å². The molecule has 0 aliphatic heterocycles. The summed E-state index contributed by atoms with van der Waals surface area (Å²) in [5.41, 5.74) is 1.64. The minimum Gasteiger partial charge on any atom is -0.312 e. The summed E-state index contributed by atoms with van der Waals surface area (Å²) in [5, 5.41) is 4.88. The number of thiophene rings is 1. The number of nitrogens with one attached hydrogen (secondary N) is 2. The van der Waals surface area contributed by atoms with Crippen molar-refractivity contribution in [3.8, 4) is 0 Å². The lowest BCUT2D eigenvalue weighted by molar-refractivity contribution is 0.601. The van der Waals surface area contributed by atoms with Crippen LogP contribution in [0.15, 0.2) is 40.6 Å². The second-order valence-corrected chi connectivity index (χ2v) is 7.32. The van der Waals surface area contributed by atoms with E-state index < -0.39 is 10.0 Å². The summed E-state index contributed by atoms with van der Waals surface area (Å²) in [6.07, 6.45) is 0.786. The van der Waals surface area contributed by atoms with Crippen molar-refractivity contribution >= 4 is 27.0 Å². The zero-order valence-electron chi connectivity index (χ0n) is 12.2. The van der Waals surface area contributed by atoms with Gasteiger partial charge in [-0.05, 0) is 30.7 Å². The van der Waals surface area contributed by atoms with Gasteiger partial charge in [0, 0.05) is 16.8 Å². The van der Waals surface area contributed by atoms with Crippen LogP contribution in [0.3, 0.4) is 0 Å². The van der Waals surface area contributed by atoms with Crippen molar-refractivity contribution < 1.29 is 8.42 Å². The minimum atomic E-state index is -3.52. The van der Waals surface area contributed by atoms with E-state index in [0.717, 1.165) is 23.4 Å². The minimum absolute atomic E-state index is 0.325. The molecular formula is C15H20N2O2S2. The second kappa shape index (κ2) is 7.06. The highest BCUT2D eigenvalue weighted by atomic mass is 32.2. The van der Waals surface area contributed by atoms with Crippen LogP contribution in [0.4, 0.5) is 5.69 Å². The molecule has 0 spiro atoms. The zero-order chi connectivity index (χ0) is 15.3. The van der Waals surface area contributed by atoms with Crippen LogP contribution in [0.2, 0.25) is 0 Å². The number of rotatable bonds is 7. The van der Waals surface area contributed by atoms with Crippen LogP contribution in [0.1, 0.15) is 24.3 Å². The Balaban J connectivity index is 2.20. The van der Waals surface area contributed by atoms with E-state index in [1.165, 1.54) is 11.3 Å². The predicted molar refractivity (Wildman–Crippen MR) is 88.3 cm³/mol. The molecule has 0 aliphatic rings. The van der Waals surface area contributed by atoms with Crippen LogP contribution in [0.5, 0.6) is 0 Å².